The minimum Gasteiger partial charge on any atom is -0.0884 e. The first-order valence-corrected chi connectivity index (χ1v) is 14.0. The summed E-state index contributed by atoms with van der Waals surface area (Å²) in [5, 5.41) is 4.38. The van der Waals surface area contributed by atoms with Gasteiger partial charge in [-0.05, 0) is 36.5 Å². The van der Waals surface area contributed by atoms with Gasteiger partial charge in [-0.25, -0.2) is 0 Å². The molecule has 0 aromatic heterocycles. The van der Waals surface area contributed by atoms with Crippen LogP contribution in [0.5, 0.6) is 0 Å². The highest BCUT2D eigenvalue weighted by molar-refractivity contribution is 8.49. The second-order valence-corrected chi connectivity index (χ2v) is 14.9. The smallest absolute Gasteiger partial charge is 0.0718 e. The highest BCUT2D eigenvalue weighted by Crippen LogP contribution is 2.71. The molecule has 0 amide bonds. The lowest BCUT2D eigenvalue weighted by molar-refractivity contribution is 0.715. The molecular formula is C15H12S8. The zero-order valence-corrected chi connectivity index (χ0v) is 18.5. The molecule has 0 bridgehead atoms. The van der Waals surface area contributed by atoms with Crippen LogP contribution in [0, 0.1) is 0 Å². The molecule has 8 heteroatoms. The van der Waals surface area contributed by atoms with E-state index in [1.165, 1.54) is 53.3 Å². The molecule has 5 rings (SSSR count). The maximum absolute atomic E-state index is 2.19. The summed E-state index contributed by atoms with van der Waals surface area (Å²) in [5.74, 6) is 0. The Balaban J connectivity index is 1.29. The molecule has 0 atom stereocenters. The minimum atomic E-state index is 1.31. The lowest BCUT2D eigenvalue weighted by Gasteiger charge is -2.07. The Morgan fingerprint density at radius 1 is 0.478 bits per heavy atom. The lowest BCUT2D eigenvalue weighted by atomic mass is 10.2. The van der Waals surface area contributed by atoms with Crippen LogP contribution in [0.25, 0.3) is 0 Å². The largest absolute Gasteiger partial charge is 0.0884 e. The molecule has 0 N–H and O–H groups in total. The van der Waals surface area contributed by atoms with Gasteiger partial charge in [-0.3, -0.25) is 0 Å². The summed E-state index contributed by atoms with van der Waals surface area (Å²) in [6, 6.07) is 0. The first-order valence-electron chi connectivity index (χ1n) is 7.37. The molecule has 0 unspecified atom stereocenters. The van der Waals surface area contributed by atoms with Crippen molar-refractivity contribution in [2.45, 2.75) is 32.1 Å². The molecule has 0 spiro atoms. The van der Waals surface area contributed by atoms with E-state index in [0.29, 0.717) is 0 Å². The monoisotopic (exact) mass is 448 g/mol. The standard InChI is InChI=1S/C15H12S8/c1-2-4-8-9(5-3-1)19-12(18-8)13-22-14-15(23-13)21-11(20-14)10-16-6-7-17-10/h6-7H,1-5H2. The minimum absolute atomic E-state index is 1.31. The Morgan fingerprint density at radius 3 is 1.43 bits per heavy atom. The number of rotatable bonds is 0. The van der Waals surface area contributed by atoms with Crippen molar-refractivity contribution in [3.63, 3.8) is 0 Å². The van der Waals surface area contributed by atoms with Crippen molar-refractivity contribution in [2.75, 3.05) is 0 Å². The fourth-order valence-corrected chi connectivity index (χ4v) is 14.3. The average Bonchev–Trinajstić information content (AvgIpc) is 3.27. The first-order chi connectivity index (χ1) is 11.4. The van der Waals surface area contributed by atoms with Crippen molar-refractivity contribution in [1.29, 1.82) is 0 Å². The van der Waals surface area contributed by atoms with Crippen LogP contribution in [-0.4, -0.2) is 0 Å². The van der Waals surface area contributed by atoms with Gasteiger partial charge in [0.1, 0.15) is 0 Å². The molecule has 0 aromatic carbocycles. The van der Waals surface area contributed by atoms with E-state index >= 15 is 0 Å². The van der Waals surface area contributed by atoms with Crippen LogP contribution in [-0.2, 0) is 0 Å². The van der Waals surface area contributed by atoms with Gasteiger partial charge in [-0.15, -0.1) is 0 Å². The summed E-state index contributed by atoms with van der Waals surface area (Å²) < 4.78 is 9.07. The molecule has 0 radical (unpaired) electrons. The van der Waals surface area contributed by atoms with Crippen molar-refractivity contribution in [3.05, 3.63) is 46.0 Å². The average molecular weight is 449 g/mol. The van der Waals surface area contributed by atoms with Gasteiger partial charge >= 0.3 is 0 Å². The van der Waals surface area contributed by atoms with Crippen molar-refractivity contribution in [2.24, 2.45) is 0 Å². The second kappa shape index (κ2) is 7.25. The zero-order valence-electron chi connectivity index (χ0n) is 12.0. The van der Waals surface area contributed by atoms with Crippen molar-refractivity contribution < 1.29 is 0 Å². The predicted molar refractivity (Wildman–Crippen MR) is 121 cm³/mol. The molecule has 4 aliphatic heterocycles. The quantitative estimate of drug-likeness (QED) is 0.355. The molecule has 23 heavy (non-hydrogen) atoms. The maximum Gasteiger partial charge on any atom is 0.0718 e. The van der Waals surface area contributed by atoms with Crippen LogP contribution in [0.15, 0.2) is 46.0 Å². The van der Waals surface area contributed by atoms with Crippen molar-refractivity contribution in [1.82, 2.24) is 0 Å². The summed E-state index contributed by atoms with van der Waals surface area (Å²) in [6.45, 7) is 0. The number of thioether (sulfide) groups is 8. The van der Waals surface area contributed by atoms with Crippen LogP contribution in [0.2, 0.25) is 0 Å². The topological polar surface area (TPSA) is 0 Å². The highest BCUT2D eigenvalue weighted by Gasteiger charge is 2.35. The van der Waals surface area contributed by atoms with Crippen LogP contribution in [0.4, 0.5) is 0 Å². The SMILES string of the molecule is C1=CSC(=C2SC3=C(S2)SC(=C2SC4=C(CCCCC4)S2)S3)S1. The Hall–Kier alpha value is 1.50. The zero-order chi connectivity index (χ0) is 15.2. The Labute approximate surface area is 170 Å². The number of hydrogen-bond acceptors (Lipinski definition) is 8. The third-order valence-electron chi connectivity index (χ3n) is 3.70. The number of allylic oxidation sites excluding steroid dienone is 2. The van der Waals surface area contributed by atoms with Crippen LogP contribution < -0.4 is 0 Å². The van der Waals surface area contributed by atoms with Crippen LogP contribution in [0.3, 0.4) is 0 Å². The molecule has 5 aliphatic rings. The Morgan fingerprint density at radius 2 is 0.913 bits per heavy atom. The van der Waals surface area contributed by atoms with E-state index in [0.717, 1.165) is 0 Å². The van der Waals surface area contributed by atoms with Gasteiger partial charge < -0.3 is 0 Å². The van der Waals surface area contributed by atoms with Gasteiger partial charge in [-0.2, -0.15) is 0 Å². The predicted octanol–water partition coefficient (Wildman–Crippen LogP) is 8.93. The fraction of sp³-hybridized carbons (Fsp3) is 0.333. The van der Waals surface area contributed by atoms with E-state index in [-0.39, 0.29) is 0 Å². The molecule has 0 fully saturated rings. The van der Waals surface area contributed by atoms with Crippen LogP contribution >= 0.6 is 94.1 Å². The highest BCUT2D eigenvalue weighted by atomic mass is 32.3. The van der Waals surface area contributed by atoms with Crippen molar-refractivity contribution in [3.8, 4) is 0 Å². The molecule has 0 aromatic rings. The van der Waals surface area contributed by atoms with Crippen molar-refractivity contribution >= 4 is 94.1 Å². The van der Waals surface area contributed by atoms with Gasteiger partial charge in [-0.1, -0.05) is 101 Å². The summed E-state index contributed by atoms with van der Waals surface area (Å²) >= 11 is 15.9. The summed E-state index contributed by atoms with van der Waals surface area (Å²) in [4.78, 5) is 3.35. The van der Waals surface area contributed by atoms with E-state index in [1.54, 1.807) is 14.0 Å². The van der Waals surface area contributed by atoms with Gasteiger partial charge in [0.25, 0.3) is 0 Å². The molecule has 120 valence electrons. The summed E-state index contributed by atoms with van der Waals surface area (Å²) in [6.07, 6.45) is 6.81. The third kappa shape index (κ3) is 3.40. The molecule has 1 aliphatic carbocycles. The molecule has 0 nitrogen and oxygen atoms in total. The van der Waals surface area contributed by atoms with E-state index in [4.69, 9.17) is 0 Å². The molecule has 4 heterocycles. The molecule has 0 saturated carbocycles. The Bertz CT molecular complexity index is 672. The van der Waals surface area contributed by atoms with Gasteiger partial charge in [0.05, 0.1) is 25.4 Å². The van der Waals surface area contributed by atoms with Gasteiger partial charge in [0.15, 0.2) is 0 Å². The first kappa shape index (κ1) is 16.7. The van der Waals surface area contributed by atoms with Crippen LogP contribution in [0.1, 0.15) is 32.1 Å². The number of hydrogen-bond donors (Lipinski definition) is 0. The fourth-order valence-electron chi connectivity index (χ4n) is 2.63. The second-order valence-electron chi connectivity index (χ2n) is 5.25. The molecule has 0 saturated heterocycles. The van der Waals surface area contributed by atoms with Gasteiger partial charge in [0, 0.05) is 9.81 Å². The third-order valence-corrected chi connectivity index (χ3v) is 15.3. The summed E-state index contributed by atoms with van der Waals surface area (Å²) in [5.41, 5.74) is 0. The van der Waals surface area contributed by atoms with E-state index in [1.807, 2.05) is 70.6 Å². The molecular weight excluding hydrogens is 437 g/mol. The summed E-state index contributed by atoms with van der Waals surface area (Å²) in [7, 11) is 0. The van der Waals surface area contributed by atoms with E-state index < -0.39 is 0 Å². The van der Waals surface area contributed by atoms with E-state index in [2.05, 4.69) is 34.3 Å². The maximum atomic E-state index is 2.19. The Kier molecular flexibility index (Phi) is 5.25. The van der Waals surface area contributed by atoms with Gasteiger partial charge in [0.2, 0.25) is 0 Å². The lowest BCUT2D eigenvalue weighted by Crippen LogP contribution is -1.75. The normalized spacial score (nSPS) is 27.5. The van der Waals surface area contributed by atoms with E-state index in [9.17, 15) is 0 Å².